The molecule has 1 fully saturated rings. The van der Waals surface area contributed by atoms with Gasteiger partial charge in [-0.1, -0.05) is 0 Å². The topological polar surface area (TPSA) is 89.9 Å². The molecule has 0 aliphatic carbocycles. The standard InChI is InChI=1S/C8H11F3N2O4/c9-8(10,11)3-12-7(17)13-2-4(14)1-5(13)6(15)16/h4-5,14H,1-3H2,(H,12,17)(H,15,16)/t4-,5-/m0/s1. The molecule has 9 heteroatoms. The van der Waals surface area contributed by atoms with Crippen LogP contribution in [0.1, 0.15) is 6.42 Å². The van der Waals surface area contributed by atoms with E-state index >= 15 is 0 Å². The van der Waals surface area contributed by atoms with Crippen LogP contribution in [0.25, 0.3) is 0 Å². The van der Waals surface area contributed by atoms with E-state index in [0.717, 1.165) is 0 Å². The van der Waals surface area contributed by atoms with Gasteiger partial charge in [-0.05, 0) is 0 Å². The van der Waals surface area contributed by atoms with Crippen molar-refractivity contribution in [1.82, 2.24) is 10.2 Å². The Morgan fingerprint density at radius 2 is 2.00 bits per heavy atom. The van der Waals surface area contributed by atoms with Crippen molar-refractivity contribution in [2.24, 2.45) is 0 Å². The van der Waals surface area contributed by atoms with E-state index < -0.39 is 36.9 Å². The second kappa shape index (κ2) is 4.78. The number of nitrogens with one attached hydrogen (secondary N) is 1. The first-order valence-corrected chi connectivity index (χ1v) is 4.73. The van der Waals surface area contributed by atoms with E-state index in [1.165, 1.54) is 0 Å². The molecule has 0 aromatic rings. The molecule has 98 valence electrons. The lowest BCUT2D eigenvalue weighted by Crippen LogP contribution is -2.48. The summed E-state index contributed by atoms with van der Waals surface area (Å²) in [5.74, 6) is -1.36. The molecule has 0 radical (unpaired) electrons. The SMILES string of the molecule is O=C(O)[C@@H]1C[C@H](O)CN1C(=O)NCC(F)(F)F. The first kappa shape index (κ1) is 13.6. The number of carboxylic acids is 1. The maximum absolute atomic E-state index is 11.8. The number of likely N-dealkylation sites (tertiary alicyclic amines) is 1. The van der Waals surface area contributed by atoms with E-state index in [-0.39, 0.29) is 13.0 Å². The number of aliphatic hydroxyl groups excluding tert-OH is 1. The average Bonchev–Trinajstić information content (AvgIpc) is 2.55. The predicted molar refractivity (Wildman–Crippen MR) is 48.2 cm³/mol. The molecule has 1 rings (SSSR count). The van der Waals surface area contributed by atoms with Gasteiger partial charge in [0.2, 0.25) is 0 Å². The minimum Gasteiger partial charge on any atom is -0.480 e. The number of halogens is 3. The zero-order valence-corrected chi connectivity index (χ0v) is 8.57. The molecule has 1 aliphatic rings. The largest absolute Gasteiger partial charge is 0.480 e. The summed E-state index contributed by atoms with van der Waals surface area (Å²) in [5.41, 5.74) is 0. The molecule has 2 atom stereocenters. The highest BCUT2D eigenvalue weighted by molar-refractivity contribution is 5.83. The van der Waals surface area contributed by atoms with Crippen LogP contribution in [0.15, 0.2) is 0 Å². The van der Waals surface area contributed by atoms with Crippen LogP contribution < -0.4 is 5.32 Å². The second-order valence-corrected chi connectivity index (χ2v) is 3.67. The molecule has 0 spiro atoms. The normalized spacial score (nSPS) is 24.8. The van der Waals surface area contributed by atoms with Gasteiger partial charge in [0.05, 0.1) is 6.10 Å². The van der Waals surface area contributed by atoms with Crippen molar-refractivity contribution in [3.63, 3.8) is 0 Å². The monoisotopic (exact) mass is 256 g/mol. The molecule has 0 saturated carbocycles. The van der Waals surface area contributed by atoms with Gasteiger partial charge in [0.25, 0.3) is 0 Å². The summed E-state index contributed by atoms with van der Waals surface area (Å²) < 4.78 is 35.5. The highest BCUT2D eigenvalue weighted by Crippen LogP contribution is 2.19. The van der Waals surface area contributed by atoms with E-state index in [4.69, 9.17) is 5.11 Å². The molecule has 2 amide bonds. The molecule has 0 aromatic heterocycles. The summed E-state index contributed by atoms with van der Waals surface area (Å²) in [6.07, 6.45) is -5.78. The number of alkyl halides is 3. The molecule has 0 bridgehead atoms. The Balaban J connectivity index is 2.59. The van der Waals surface area contributed by atoms with Crippen molar-refractivity contribution in [2.45, 2.75) is 24.7 Å². The van der Waals surface area contributed by atoms with Gasteiger partial charge >= 0.3 is 18.2 Å². The second-order valence-electron chi connectivity index (χ2n) is 3.67. The number of aliphatic carboxylic acids is 1. The molecule has 0 aromatic carbocycles. The quantitative estimate of drug-likeness (QED) is 0.637. The number of amides is 2. The highest BCUT2D eigenvalue weighted by atomic mass is 19.4. The number of rotatable bonds is 2. The van der Waals surface area contributed by atoms with Crippen LogP contribution in [0, 0.1) is 0 Å². The Bertz CT molecular complexity index is 320. The molecular formula is C8H11F3N2O4. The Kier molecular flexibility index (Phi) is 3.81. The first-order valence-electron chi connectivity index (χ1n) is 4.73. The van der Waals surface area contributed by atoms with Gasteiger partial charge in [0, 0.05) is 13.0 Å². The summed E-state index contributed by atoms with van der Waals surface area (Å²) >= 11 is 0. The molecule has 3 N–H and O–H groups in total. The minimum atomic E-state index is -4.56. The number of hydrogen-bond donors (Lipinski definition) is 3. The first-order chi connectivity index (χ1) is 7.70. The molecule has 6 nitrogen and oxygen atoms in total. The zero-order chi connectivity index (χ0) is 13.2. The van der Waals surface area contributed by atoms with E-state index in [0.29, 0.717) is 4.90 Å². The number of carboxylic acid groups (broad SMARTS) is 1. The number of aliphatic hydroxyl groups is 1. The Hall–Kier alpha value is -1.51. The summed E-state index contributed by atoms with van der Waals surface area (Å²) in [6, 6.07) is -2.44. The molecule has 0 unspecified atom stereocenters. The fourth-order valence-corrected chi connectivity index (χ4v) is 1.55. The fraction of sp³-hybridized carbons (Fsp3) is 0.750. The lowest BCUT2D eigenvalue weighted by atomic mass is 10.2. The van der Waals surface area contributed by atoms with Gasteiger partial charge < -0.3 is 20.4 Å². The van der Waals surface area contributed by atoms with Crippen molar-refractivity contribution in [3.8, 4) is 0 Å². The van der Waals surface area contributed by atoms with Crippen LogP contribution in [0.3, 0.4) is 0 Å². The van der Waals surface area contributed by atoms with Crippen molar-refractivity contribution in [1.29, 1.82) is 0 Å². The summed E-state index contributed by atoms with van der Waals surface area (Å²) in [5, 5.41) is 19.5. The van der Waals surface area contributed by atoms with Crippen LogP contribution in [0.4, 0.5) is 18.0 Å². The van der Waals surface area contributed by atoms with Crippen LogP contribution in [-0.2, 0) is 4.79 Å². The number of hydrogen-bond acceptors (Lipinski definition) is 3. The van der Waals surface area contributed by atoms with Gasteiger partial charge in [0.1, 0.15) is 12.6 Å². The van der Waals surface area contributed by atoms with Crippen molar-refractivity contribution in [3.05, 3.63) is 0 Å². The van der Waals surface area contributed by atoms with E-state index in [1.54, 1.807) is 5.32 Å². The lowest BCUT2D eigenvalue weighted by molar-refractivity contribution is -0.141. The van der Waals surface area contributed by atoms with Gasteiger partial charge in [-0.3, -0.25) is 0 Å². The van der Waals surface area contributed by atoms with Crippen LogP contribution >= 0.6 is 0 Å². The maximum Gasteiger partial charge on any atom is 0.405 e. The third-order valence-electron chi connectivity index (χ3n) is 2.26. The molecule has 17 heavy (non-hydrogen) atoms. The number of urea groups is 1. The predicted octanol–water partition coefficient (Wildman–Crippen LogP) is -0.222. The van der Waals surface area contributed by atoms with Crippen molar-refractivity contribution >= 4 is 12.0 Å². The summed E-state index contributed by atoms with van der Waals surface area (Å²) in [4.78, 5) is 22.7. The lowest BCUT2D eigenvalue weighted by Gasteiger charge is -2.21. The molecule has 1 heterocycles. The van der Waals surface area contributed by atoms with Crippen molar-refractivity contribution in [2.75, 3.05) is 13.1 Å². The Morgan fingerprint density at radius 3 is 2.47 bits per heavy atom. The number of nitrogens with zero attached hydrogens (tertiary/aromatic N) is 1. The Labute approximate surface area is 94.0 Å². The minimum absolute atomic E-state index is 0.186. The zero-order valence-electron chi connectivity index (χ0n) is 8.57. The summed E-state index contributed by atoms with van der Waals surface area (Å²) in [7, 11) is 0. The molecular weight excluding hydrogens is 245 g/mol. The average molecular weight is 256 g/mol. The number of carbonyl (C=O) groups excluding carboxylic acids is 1. The smallest absolute Gasteiger partial charge is 0.405 e. The van der Waals surface area contributed by atoms with Crippen LogP contribution in [0.2, 0.25) is 0 Å². The van der Waals surface area contributed by atoms with Crippen LogP contribution in [-0.4, -0.2) is 58.5 Å². The van der Waals surface area contributed by atoms with Crippen molar-refractivity contribution < 1.29 is 33.0 Å². The van der Waals surface area contributed by atoms with E-state index in [1.807, 2.05) is 0 Å². The van der Waals surface area contributed by atoms with E-state index in [2.05, 4.69) is 0 Å². The van der Waals surface area contributed by atoms with Gasteiger partial charge in [-0.2, -0.15) is 13.2 Å². The number of carbonyl (C=O) groups is 2. The van der Waals surface area contributed by atoms with Gasteiger partial charge in [-0.15, -0.1) is 0 Å². The number of β-amino-alcohol motifs (C(OH)–C–C–N with tert-alkyl or cyclic N) is 1. The molecule has 1 saturated heterocycles. The van der Waals surface area contributed by atoms with Gasteiger partial charge in [-0.25, -0.2) is 9.59 Å². The fourth-order valence-electron chi connectivity index (χ4n) is 1.55. The third-order valence-corrected chi connectivity index (χ3v) is 2.26. The molecule has 1 aliphatic heterocycles. The Morgan fingerprint density at radius 1 is 1.41 bits per heavy atom. The maximum atomic E-state index is 11.8. The highest BCUT2D eigenvalue weighted by Gasteiger charge is 2.40. The van der Waals surface area contributed by atoms with Crippen LogP contribution in [0.5, 0.6) is 0 Å². The summed E-state index contributed by atoms with van der Waals surface area (Å²) in [6.45, 7) is -1.83. The third kappa shape index (κ3) is 3.77. The van der Waals surface area contributed by atoms with E-state index in [9.17, 15) is 27.9 Å². The van der Waals surface area contributed by atoms with Gasteiger partial charge in [0.15, 0.2) is 0 Å².